The molecule has 1 atom stereocenters. The Labute approximate surface area is 126 Å². The van der Waals surface area contributed by atoms with Crippen molar-refractivity contribution in [3.63, 3.8) is 0 Å². The molecule has 0 saturated heterocycles. The van der Waals surface area contributed by atoms with Crippen LogP contribution >= 0.6 is 23.2 Å². The lowest BCUT2D eigenvalue weighted by Crippen LogP contribution is -2.14. The Bertz CT molecular complexity index is 757. The van der Waals surface area contributed by atoms with Crippen LogP contribution in [0.2, 0.25) is 10.3 Å². The lowest BCUT2D eigenvalue weighted by Gasteiger charge is -2.14. The highest BCUT2D eigenvalue weighted by atomic mass is 35.5. The monoisotopic (exact) mass is 303 g/mol. The molecule has 0 aliphatic carbocycles. The lowest BCUT2D eigenvalue weighted by molar-refractivity contribution is 0.834. The summed E-state index contributed by atoms with van der Waals surface area (Å²) in [5, 5.41) is 1.77. The molecule has 0 aliphatic rings. The molecule has 3 rings (SSSR count). The molecule has 1 unspecified atom stereocenters. The summed E-state index contributed by atoms with van der Waals surface area (Å²) in [5.74, 6) is 0. The average molecular weight is 304 g/mol. The van der Waals surface area contributed by atoms with Gasteiger partial charge in [0.25, 0.3) is 0 Å². The summed E-state index contributed by atoms with van der Waals surface area (Å²) in [7, 11) is 0. The van der Waals surface area contributed by atoms with Crippen molar-refractivity contribution in [2.24, 2.45) is 5.73 Å². The van der Waals surface area contributed by atoms with Crippen LogP contribution in [0.3, 0.4) is 0 Å². The molecule has 0 radical (unpaired) electrons. The van der Waals surface area contributed by atoms with Crippen molar-refractivity contribution in [3.8, 4) is 0 Å². The maximum Gasteiger partial charge on any atom is 0.223 e. The molecule has 3 aromatic rings. The second-order valence-electron chi connectivity index (χ2n) is 4.42. The van der Waals surface area contributed by atoms with E-state index < -0.39 is 0 Å². The number of nitrogens with zero attached hydrogens (tertiary/aromatic N) is 2. The van der Waals surface area contributed by atoms with Gasteiger partial charge < -0.3 is 5.73 Å². The highest BCUT2D eigenvalue weighted by Gasteiger charge is 2.15. The highest BCUT2D eigenvalue weighted by molar-refractivity contribution is 6.30. The molecule has 2 N–H and O–H groups in total. The lowest BCUT2D eigenvalue weighted by atomic mass is 10.0. The zero-order valence-electron chi connectivity index (χ0n) is 10.4. The Morgan fingerprint density at radius 1 is 0.900 bits per heavy atom. The van der Waals surface area contributed by atoms with E-state index in [0.717, 1.165) is 16.5 Å². The normalized spacial score (nSPS) is 12.6. The van der Waals surface area contributed by atoms with Crippen molar-refractivity contribution < 1.29 is 0 Å². The molecule has 1 aromatic heterocycles. The predicted octanol–water partition coefficient (Wildman–Crippen LogP) is 3.98. The second-order valence-corrected chi connectivity index (χ2v) is 5.20. The maximum absolute atomic E-state index is 6.31. The highest BCUT2D eigenvalue weighted by Crippen LogP contribution is 2.26. The predicted molar refractivity (Wildman–Crippen MR) is 82.0 cm³/mol. The van der Waals surface area contributed by atoms with E-state index in [0.29, 0.717) is 10.7 Å². The number of hydrogen-bond donors (Lipinski definition) is 1. The van der Waals surface area contributed by atoms with Gasteiger partial charge in [-0.2, -0.15) is 0 Å². The smallest absolute Gasteiger partial charge is 0.223 e. The molecule has 2 aromatic carbocycles. The summed E-state index contributed by atoms with van der Waals surface area (Å²) >= 11 is 11.9. The van der Waals surface area contributed by atoms with Gasteiger partial charge in [-0.25, -0.2) is 9.97 Å². The molecule has 0 saturated carbocycles. The van der Waals surface area contributed by atoms with Crippen LogP contribution in [0.25, 0.3) is 10.9 Å². The maximum atomic E-state index is 6.31. The zero-order valence-corrected chi connectivity index (χ0v) is 11.9. The molecule has 1 heterocycles. The molecule has 20 heavy (non-hydrogen) atoms. The van der Waals surface area contributed by atoms with E-state index in [1.54, 1.807) is 0 Å². The fourth-order valence-electron chi connectivity index (χ4n) is 2.14. The Kier molecular flexibility index (Phi) is 3.57. The zero-order chi connectivity index (χ0) is 14.1. The number of nitrogens with two attached hydrogens (primary N) is 1. The summed E-state index contributed by atoms with van der Waals surface area (Å²) in [4.78, 5) is 8.50. The van der Waals surface area contributed by atoms with Crippen LogP contribution in [-0.2, 0) is 0 Å². The van der Waals surface area contributed by atoms with Gasteiger partial charge in [0.05, 0.1) is 17.3 Å². The minimum absolute atomic E-state index is 0.197. The van der Waals surface area contributed by atoms with Gasteiger partial charge in [-0.05, 0) is 35.4 Å². The molecule has 100 valence electrons. The van der Waals surface area contributed by atoms with Gasteiger partial charge in [0.2, 0.25) is 5.28 Å². The number of hydrogen-bond acceptors (Lipinski definition) is 3. The Balaban J connectivity index is 2.15. The van der Waals surface area contributed by atoms with E-state index in [-0.39, 0.29) is 11.3 Å². The van der Waals surface area contributed by atoms with Gasteiger partial charge in [0, 0.05) is 10.4 Å². The molecular weight excluding hydrogens is 293 g/mol. The van der Waals surface area contributed by atoms with Gasteiger partial charge in [-0.15, -0.1) is 0 Å². The summed E-state index contributed by atoms with van der Waals surface area (Å²) in [6.45, 7) is 0. The van der Waals surface area contributed by atoms with Gasteiger partial charge in [0.1, 0.15) is 0 Å². The number of benzene rings is 2. The topological polar surface area (TPSA) is 51.8 Å². The van der Waals surface area contributed by atoms with Crippen molar-refractivity contribution in [2.75, 3.05) is 0 Å². The van der Waals surface area contributed by atoms with Gasteiger partial charge in [-0.1, -0.05) is 41.9 Å². The van der Waals surface area contributed by atoms with E-state index in [2.05, 4.69) is 9.97 Å². The van der Waals surface area contributed by atoms with Crippen LogP contribution in [0.15, 0.2) is 48.5 Å². The first kappa shape index (κ1) is 13.3. The van der Waals surface area contributed by atoms with E-state index in [4.69, 9.17) is 28.9 Å². The number of rotatable bonds is 2. The first-order chi connectivity index (χ1) is 9.65. The fraction of sp³-hybridized carbons (Fsp3) is 0.0667. The van der Waals surface area contributed by atoms with Crippen molar-refractivity contribution in [3.05, 3.63) is 70.1 Å². The van der Waals surface area contributed by atoms with Crippen LogP contribution in [0, 0.1) is 0 Å². The first-order valence-corrected chi connectivity index (χ1v) is 6.84. The van der Waals surface area contributed by atoms with Crippen molar-refractivity contribution in [1.82, 2.24) is 9.97 Å². The third kappa shape index (κ3) is 2.48. The summed E-state index contributed by atoms with van der Waals surface area (Å²) in [5.41, 5.74) is 8.73. The van der Waals surface area contributed by atoms with Crippen molar-refractivity contribution in [2.45, 2.75) is 6.04 Å². The fourth-order valence-corrected chi connectivity index (χ4v) is 2.44. The Morgan fingerprint density at radius 3 is 2.35 bits per heavy atom. The molecule has 3 nitrogen and oxygen atoms in total. The van der Waals surface area contributed by atoms with E-state index in [9.17, 15) is 0 Å². The second kappa shape index (κ2) is 5.37. The van der Waals surface area contributed by atoms with E-state index >= 15 is 0 Å². The molecule has 0 bridgehead atoms. The van der Waals surface area contributed by atoms with Crippen molar-refractivity contribution >= 4 is 34.1 Å². The van der Waals surface area contributed by atoms with Gasteiger partial charge in [-0.3, -0.25) is 0 Å². The number of aromatic nitrogens is 2. The largest absolute Gasteiger partial charge is 0.319 e. The SMILES string of the molecule is NC(c1ccc(Cl)cc1)c1nc(Cl)nc2ccccc12. The van der Waals surface area contributed by atoms with Crippen LogP contribution < -0.4 is 5.73 Å². The molecule has 0 aliphatic heterocycles. The molecule has 0 fully saturated rings. The third-order valence-electron chi connectivity index (χ3n) is 3.13. The Hall–Kier alpha value is -1.68. The van der Waals surface area contributed by atoms with Crippen molar-refractivity contribution in [1.29, 1.82) is 0 Å². The first-order valence-electron chi connectivity index (χ1n) is 6.08. The van der Waals surface area contributed by atoms with Crippen LogP contribution in [0.4, 0.5) is 0 Å². The standard InChI is InChI=1S/C15H11Cl2N3/c16-10-7-5-9(6-8-10)13(18)14-11-3-1-2-4-12(11)19-15(17)20-14/h1-8,13H,18H2. The minimum Gasteiger partial charge on any atom is -0.319 e. The quantitative estimate of drug-likeness (QED) is 0.728. The number of halogens is 2. The van der Waals surface area contributed by atoms with Crippen LogP contribution in [0.5, 0.6) is 0 Å². The summed E-state index contributed by atoms with van der Waals surface area (Å²) in [6, 6.07) is 14.7. The summed E-state index contributed by atoms with van der Waals surface area (Å²) in [6.07, 6.45) is 0. The molecular formula is C15H11Cl2N3. The van der Waals surface area contributed by atoms with Gasteiger partial charge in [0.15, 0.2) is 0 Å². The molecule has 5 heteroatoms. The van der Waals surface area contributed by atoms with Gasteiger partial charge >= 0.3 is 0 Å². The van der Waals surface area contributed by atoms with E-state index in [1.165, 1.54) is 0 Å². The number of para-hydroxylation sites is 1. The molecule has 0 amide bonds. The molecule has 0 spiro atoms. The van der Waals surface area contributed by atoms with Crippen LogP contribution in [0.1, 0.15) is 17.3 Å². The summed E-state index contributed by atoms with van der Waals surface area (Å²) < 4.78 is 0. The minimum atomic E-state index is -0.377. The average Bonchev–Trinajstić information content (AvgIpc) is 2.46. The third-order valence-corrected chi connectivity index (χ3v) is 3.55. The Morgan fingerprint density at radius 2 is 1.60 bits per heavy atom. The van der Waals surface area contributed by atoms with E-state index in [1.807, 2.05) is 48.5 Å². The van der Waals surface area contributed by atoms with Crippen LogP contribution in [-0.4, -0.2) is 9.97 Å². The number of fused-ring (bicyclic) bond motifs is 1.